The van der Waals surface area contributed by atoms with Crippen molar-refractivity contribution in [3.05, 3.63) is 0 Å². The number of aliphatic carboxylic acids is 1. The Hall–Kier alpha value is -0.910. The summed E-state index contributed by atoms with van der Waals surface area (Å²) in [5, 5.41) is 11.8. The van der Waals surface area contributed by atoms with Gasteiger partial charge in [0.25, 0.3) is 0 Å². The molecule has 0 aromatic rings. The van der Waals surface area contributed by atoms with Gasteiger partial charge < -0.3 is 15.3 Å². The average Bonchev–Trinajstić information content (AvgIpc) is 2.32. The zero-order chi connectivity index (χ0) is 13.5. The molecule has 0 aliphatic carbocycles. The molecule has 2 amide bonds. The fourth-order valence-corrected chi connectivity index (χ4v) is 1.87. The Kier molecular flexibility index (Phi) is 7.03. The first-order chi connectivity index (χ1) is 7.93. The van der Waals surface area contributed by atoms with E-state index < -0.39 is 11.5 Å². The normalized spacial score (nSPS) is 11.1. The zero-order valence-electron chi connectivity index (χ0n) is 10.9. The molecule has 100 valence electrons. The third-order valence-electron chi connectivity index (χ3n) is 2.94. The molecule has 0 aliphatic rings. The van der Waals surface area contributed by atoms with Gasteiger partial charge in [0, 0.05) is 19.3 Å². The summed E-state index contributed by atoms with van der Waals surface area (Å²) in [6.07, 6.45) is 2.72. The molecule has 0 aliphatic heterocycles. The fraction of sp³-hybridized carbons (Fsp3) is 0.818. The van der Waals surface area contributed by atoms with Crippen LogP contribution < -0.4 is 5.32 Å². The highest BCUT2D eigenvalue weighted by Gasteiger charge is 2.37. The molecule has 0 saturated carbocycles. The number of carboxylic acids is 1. The Bertz CT molecular complexity index is 267. The van der Waals surface area contributed by atoms with E-state index in [0.29, 0.717) is 19.4 Å². The van der Waals surface area contributed by atoms with E-state index in [4.69, 9.17) is 0 Å². The van der Waals surface area contributed by atoms with Gasteiger partial charge in [-0.1, -0.05) is 13.8 Å². The number of amides is 2. The SMILES string of the molecule is CCC(CC)(NC(=O)N(C)CCSC)C(=O)O. The number of thioether (sulfide) groups is 1. The second-order valence-electron chi connectivity index (χ2n) is 3.94. The highest BCUT2D eigenvalue weighted by Crippen LogP contribution is 2.15. The van der Waals surface area contributed by atoms with Gasteiger partial charge in [0.05, 0.1) is 0 Å². The van der Waals surface area contributed by atoms with E-state index >= 15 is 0 Å². The van der Waals surface area contributed by atoms with Crippen molar-refractivity contribution < 1.29 is 14.7 Å². The number of hydrogen-bond acceptors (Lipinski definition) is 3. The smallest absolute Gasteiger partial charge is 0.329 e. The molecule has 6 heteroatoms. The molecule has 0 bridgehead atoms. The highest BCUT2D eigenvalue weighted by atomic mass is 32.2. The summed E-state index contributed by atoms with van der Waals surface area (Å²) in [7, 11) is 1.67. The van der Waals surface area contributed by atoms with E-state index in [1.165, 1.54) is 4.90 Å². The van der Waals surface area contributed by atoms with Crippen molar-refractivity contribution >= 4 is 23.8 Å². The minimum absolute atomic E-state index is 0.329. The molecule has 0 unspecified atom stereocenters. The first-order valence-corrected chi connectivity index (χ1v) is 7.08. The number of rotatable bonds is 7. The molecule has 5 nitrogen and oxygen atoms in total. The number of carboxylic acid groups (broad SMARTS) is 1. The van der Waals surface area contributed by atoms with Crippen LogP contribution in [0.15, 0.2) is 0 Å². The predicted molar refractivity (Wildman–Crippen MR) is 70.5 cm³/mol. The molecule has 0 fully saturated rings. The van der Waals surface area contributed by atoms with Crippen LogP contribution in [0.5, 0.6) is 0 Å². The Balaban J connectivity index is 4.56. The summed E-state index contributed by atoms with van der Waals surface area (Å²) in [6, 6.07) is -0.329. The minimum Gasteiger partial charge on any atom is -0.480 e. The summed E-state index contributed by atoms with van der Waals surface area (Å²) < 4.78 is 0. The first-order valence-electron chi connectivity index (χ1n) is 5.69. The van der Waals surface area contributed by atoms with Gasteiger partial charge in [-0.15, -0.1) is 0 Å². The van der Waals surface area contributed by atoms with Gasteiger partial charge in [0.15, 0.2) is 0 Å². The second-order valence-corrected chi connectivity index (χ2v) is 4.92. The average molecular weight is 262 g/mol. The lowest BCUT2D eigenvalue weighted by Crippen LogP contribution is -2.56. The Labute approximate surface area is 107 Å². The van der Waals surface area contributed by atoms with Gasteiger partial charge >= 0.3 is 12.0 Å². The maximum absolute atomic E-state index is 11.8. The van der Waals surface area contributed by atoms with E-state index in [1.54, 1.807) is 32.7 Å². The Morgan fingerprint density at radius 1 is 1.35 bits per heavy atom. The number of hydrogen-bond donors (Lipinski definition) is 2. The van der Waals surface area contributed by atoms with Crippen LogP contribution in [-0.4, -0.2) is 53.1 Å². The van der Waals surface area contributed by atoms with E-state index in [9.17, 15) is 14.7 Å². The van der Waals surface area contributed by atoms with E-state index in [-0.39, 0.29) is 6.03 Å². The third-order valence-corrected chi connectivity index (χ3v) is 3.53. The van der Waals surface area contributed by atoms with Crippen LogP contribution in [0, 0.1) is 0 Å². The van der Waals surface area contributed by atoms with Gasteiger partial charge in [0.1, 0.15) is 5.54 Å². The van der Waals surface area contributed by atoms with Crippen molar-refractivity contribution in [2.45, 2.75) is 32.2 Å². The quantitative estimate of drug-likeness (QED) is 0.731. The summed E-state index contributed by atoms with van der Waals surface area (Å²) in [5.74, 6) is -0.142. The summed E-state index contributed by atoms with van der Waals surface area (Å²) in [4.78, 5) is 24.6. The lowest BCUT2D eigenvalue weighted by atomic mass is 9.93. The topological polar surface area (TPSA) is 69.6 Å². The lowest BCUT2D eigenvalue weighted by molar-refractivity contribution is -0.144. The van der Waals surface area contributed by atoms with Crippen LogP contribution in [0.1, 0.15) is 26.7 Å². The number of nitrogens with one attached hydrogen (secondary N) is 1. The summed E-state index contributed by atoms with van der Waals surface area (Å²) in [5.41, 5.74) is -1.15. The van der Waals surface area contributed by atoms with Crippen molar-refractivity contribution in [1.29, 1.82) is 0 Å². The zero-order valence-corrected chi connectivity index (χ0v) is 11.8. The molecule has 0 aromatic heterocycles. The molecule has 0 atom stereocenters. The van der Waals surface area contributed by atoms with Gasteiger partial charge in [-0.3, -0.25) is 0 Å². The van der Waals surface area contributed by atoms with Crippen LogP contribution in [0.2, 0.25) is 0 Å². The molecule has 0 radical (unpaired) electrons. The number of carbonyl (C=O) groups is 2. The second kappa shape index (κ2) is 7.42. The largest absolute Gasteiger partial charge is 0.480 e. The number of urea groups is 1. The van der Waals surface area contributed by atoms with Crippen molar-refractivity contribution in [3.63, 3.8) is 0 Å². The number of nitrogens with zero attached hydrogens (tertiary/aromatic N) is 1. The van der Waals surface area contributed by atoms with Crippen molar-refractivity contribution in [1.82, 2.24) is 10.2 Å². The molecular formula is C11H22N2O3S. The van der Waals surface area contributed by atoms with Crippen molar-refractivity contribution in [3.8, 4) is 0 Å². The lowest BCUT2D eigenvalue weighted by Gasteiger charge is -2.30. The van der Waals surface area contributed by atoms with Crippen LogP contribution in [0.3, 0.4) is 0 Å². The van der Waals surface area contributed by atoms with Crippen molar-refractivity contribution in [2.75, 3.05) is 25.6 Å². The molecule has 0 heterocycles. The van der Waals surface area contributed by atoms with Crippen LogP contribution in [0.25, 0.3) is 0 Å². The number of carbonyl (C=O) groups excluding carboxylic acids is 1. The molecule has 0 rings (SSSR count). The maximum atomic E-state index is 11.8. The predicted octanol–water partition coefficient (Wildman–Crippen LogP) is 1.63. The van der Waals surface area contributed by atoms with Gasteiger partial charge in [-0.25, -0.2) is 9.59 Å². The molecule has 2 N–H and O–H groups in total. The fourth-order valence-electron chi connectivity index (χ4n) is 1.41. The highest BCUT2D eigenvalue weighted by molar-refractivity contribution is 7.98. The Morgan fingerprint density at radius 2 is 1.88 bits per heavy atom. The van der Waals surface area contributed by atoms with E-state index in [1.807, 2.05) is 6.26 Å². The summed E-state index contributed by atoms with van der Waals surface area (Å²) in [6.45, 7) is 4.13. The van der Waals surface area contributed by atoms with Crippen molar-refractivity contribution in [2.24, 2.45) is 0 Å². The molecule has 0 saturated heterocycles. The van der Waals surface area contributed by atoms with Gasteiger partial charge in [-0.05, 0) is 19.1 Å². The van der Waals surface area contributed by atoms with Gasteiger partial charge in [0.2, 0.25) is 0 Å². The van der Waals surface area contributed by atoms with Crippen LogP contribution in [0.4, 0.5) is 4.79 Å². The van der Waals surface area contributed by atoms with Crippen LogP contribution >= 0.6 is 11.8 Å². The van der Waals surface area contributed by atoms with Gasteiger partial charge in [-0.2, -0.15) is 11.8 Å². The first kappa shape index (κ1) is 16.1. The third kappa shape index (κ3) is 4.46. The van der Waals surface area contributed by atoms with Crippen LogP contribution in [-0.2, 0) is 4.79 Å². The summed E-state index contributed by atoms with van der Waals surface area (Å²) >= 11 is 1.65. The minimum atomic E-state index is -1.15. The molecule has 0 spiro atoms. The Morgan fingerprint density at radius 3 is 2.24 bits per heavy atom. The standard InChI is InChI=1S/C11H22N2O3S/c1-5-11(6-2,9(14)15)12-10(16)13(3)7-8-17-4/h5-8H2,1-4H3,(H,12,16)(H,14,15). The molecule has 0 aromatic carbocycles. The monoisotopic (exact) mass is 262 g/mol. The van der Waals surface area contributed by atoms with E-state index in [0.717, 1.165) is 5.75 Å². The maximum Gasteiger partial charge on any atom is 0.329 e. The molecular weight excluding hydrogens is 240 g/mol. The van der Waals surface area contributed by atoms with E-state index in [2.05, 4.69) is 5.32 Å². The molecule has 17 heavy (non-hydrogen) atoms.